The van der Waals surface area contributed by atoms with Crippen molar-refractivity contribution in [2.45, 2.75) is 6.42 Å². The summed E-state index contributed by atoms with van der Waals surface area (Å²) in [5.41, 5.74) is 2.25. The highest BCUT2D eigenvalue weighted by Gasteiger charge is 2.19. The van der Waals surface area contributed by atoms with Crippen molar-refractivity contribution in [3.8, 4) is 17.2 Å². The van der Waals surface area contributed by atoms with Gasteiger partial charge in [-0.05, 0) is 41.5 Å². The summed E-state index contributed by atoms with van der Waals surface area (Å²) in [5.74, 6) is 0.800. The van der Waals surface area contributed by atoms with Gasteiger partial charge in [0.05, 0.1) is 23.7 Å². The van der Waals surface area contributed by atoms with Crippen molar-refractivity contribution in [2.75, 3.05) is 20.3 Å². The standard InChI is InChI=1S/C20H17NO5S/c1-24-15-9-12(10-16-19(15)26-7-6-25-16)8-13(11-18(22)23)20-21-14-4-2-3-5-17(14)27-20/h2-5,8-10H,6-7,11H2,1H3,(H,22,23). The maximum Gasteiger partial charge on any atom is 0.307 e. The second-order valence-corrected chi connectivity index (χ2v) is 7.00. The first-order valence-electron chi connectivity index (χ1n) is 8.40. The number of methoxy groups -OCH3 is 1. The van der Waals surface area contributed by atoms with E-state index in [-0.39, 0.29) is 6.42 Å². The van der Waals surface area contributed by atoms with Gasteiger partial charge in [0, 0.05) is 0 Å². The van der Waals surface area contributed by atoms with Crippen LogP contribution >= 0.6 is 11.3 Å². The van der Waals surface area contributed by atoms with Crippen LogP contribution in [0, 0.1) is 0 Å². The van der Waals surface area contributed by atoms with E-state index in [0.29, 0.717) is 41.0 Å². The number of hydrogen-bond acceptors (Lipinski definition) is 6. The number of thiazole rings is 1. The molecular weight excluding hydrogens is 366 g/mol. The van der Waals surface area contributed by atoms with E-state index in [0.717, 1.165) is 15.8 Å². The molecule has 3 aromatic rings. The van der Waals surface area contributed by atoms with Crippen LogP contribution in [-0.4, -0.2) is 36.4 Å². The fraction of sp³-hybridized carbons (Fsp3) is 0.200. The van der Waals surface area contributed by atoms with Gasteiger partial charge < -0.3 is 19.3 Å². The van der Waals surface area contributed by atoms with E-state index in [1.165, 1.54) is 11.3 Å². The van der Waals surface area contributed by atoms with Crippen molar-refractivity contribution < 1.29 is 24.1 Å². The Morgan fingerprint density at radius 3 is 2.89 bits per heavy atom. The van der Waals surface area contributed by atoms with Crippen LogP contribution in [0.4, 0.5) is 0 Å². The minimum absolute atomic E-state index is 0.128. The lowest BCUT2D eigenvalue weighted by Gasteiger charge is -2.21. The van der Waals surface area contributed by atoms with Gasteiger partial charge >= 0.3 is 5.97 Å². The predicted octanol–water partition coefficient (Wildman–Crippen LogP) is 4.09. The van der Waals surface area contributed by atoms with E-state index in [9.17, 15) is 9.90 Å². The van der Waals surface area contributed by atoms with Crippen molar-refractivity contribution in [2.24, 2.45) is 0 Å². The summed E-state index contributed by atoms with van der Waals surface area (Å²) in [6.07, 6.45) is 1.68. The number of fused-ring (bicyclic) bond motifs is 2. The highest BCUT2D eigenvalue weighted by molar-refractivity contribution is 7.19. The molecule has 0 fully saturated rings. The topological polar surface area (TPSA) is 77.9 Å². The summed E-state index contributed by atoms with van der Waals surface area (Å²) in [4.78, 5) is 16.0. The molecule has 1 N–H and O–H groups in total. The molecule has 0 radical (unpaired) electrons. The Morgan fingerprint density at radius 2 is 2.11 bits per heavy atom. The SMILES string of the molecule is COc1cc(C=C(CC(=O)O)c2nc3ccccc3s2)cc2c1OCCO2. The monoisotopic (exact) mass is 383 g/mol. The normalized spacial score (nSPS) is 13.6. The molecule has 7 heteroatoms. The molecule has 2 aromatic carbocycles. The van der Waals surface area contributed by atoms with Gasteiger partial charge in [-0.25, -0.2) is 4.98 Å². The molecule has 0 aliphatic carbocycles. The van der Waals surface area contributed by atoms with E-state index in [2.05, 4.69) is 4.98 Å². The predicted molar refractivity (Wildman–Crippen MR) is 104 cm³/mol. The number of hydrogen-bond donors (Lipinski definition) is 1. The average molecular weight is 383 g/mol. The van der Waals surface area contributed by atoms with Crippen LogP contribution in [0.15, 0.2) is 36.4 Å². The number of ether oxygens (including phenoxy) is 3. The number of carboxylic acids is 1. The maximum absolute atomic E-state index is 11.4. The summed E-state index contributed by atoms with van der Waals surface area (Å²) in [7, 11) is 1.56. The first-order chi connectivity index (χ1) is 13.1. The molecule has 4 rings (SSSR count). The summed E-state index contributed by atoms with van der Waals surface area (Å²) in [6, 6.07) is 11.4. The zero-order valence-corrected chi connectivity index (χ0v) is 15.4. The fourth-order valence-electron chi connectivity index (χ4n) is 2.94. The Balaban J connectivity index is 1.80. The zero-order valence-electron chi connectivity index (χ0n) is 14.6. The second kappa shape index (κ2) is 7.28. The van der Waals surface area contributed by atoms with Crippen molar-refractivity contribution in [1.82, 2.24) is 4.98 Å². The van der Waals surface area contributed by atoms with Gasteiger partial charge in [-0.1, -0.05) is 12.1 Å². The number of aromatic nitrogens is 1. The molecule has 138 valence electrons. The maximum atomic E-state index is 11.4. The van der Waals surface area contributed by atoms with Gasteiger partial charge in [-0.2, -0.15) is 0 Å². The quantitative estimate of drug-likeness (QED) is 0.715. The first kappa shape index (κ1) is 17.4. The molecule has 1 aliphatic heterocycles. The molecule has 27 heavy (non-hydrogen) atoms. The van der Waals surface area contributed by atoms with Crippen LogP contribution < -0.4 is 14.2 Å². The lowest BCUT2D eigenvalue weighted by atomic mass is 10.1. The van der Waals surface area contributed by atoms with E-state index in [1.807, 2.05) is 42.5 Å². The van der Waals surface area contributed by atoms with E-state index in [1.54, 1.807) is 7.11 Å². The van der Waals surface area contributed by atoms with Crippen LogP contribution in [0.3, 0.4) is 0 Å². The summed E-state index contributed by atoms with van der Waals surface area (Å²) in [6.45, 7) is 0.928. The largest absolute Gasteiger partial charge is 0.493 e. The van der Waals surface area contributed by atoms with Crippen LogP contribution in [0.1, 0.15) is 17.0 Å². The third-order valence-corrected chi connectivity index (χ3v) is 5.21. The van der Waals surface area contributed by atoms with Crippen LogP contribution in [0.25, 0.3) is 21.9 Å². The Labute approximate surface area is 159 Å². The van der Waals surface area contributed by atoms with Crippen molar-refractivity contribution in [1.29, 1.82) is 0 Å². The van der Waals surface area contributed by atoms with Crippen molar-refractivity contribution in [3.05, 3.63) is 47.0 Å². The number of para-hydroxylation sites is 1. The molecular formula is C20H17NO5S. The molecule has 0 unspecified atom stereocenters. The van der Waals surface area contributed by atoms with Crippen LogP contribution in [0.5, 0.6) is 17.2 Å². The van der Waals surface area contributed by atoms with Gasteiger partial charge in [0.25, 0.3) is 0 Å². The van der Waals surface area contributed by atoms with Crippen LogP contribution in [-0.2, 0) is 4.79 Å². The minimum atomic E-state index is -0.912. The first-order valence-corrected chi connectivity index (χ1v) is 9.21. The molecule has 0 spiro atoms. The molecule has 0 saturated carbocycles. The molecule has 1 aliphatic rings. The Kier molecular flexibility index (Phi) is 4.68. The van der Waals surface area contributed by atoms with E-state index >= 15 is 0 Å². The van der Waals surface area contributed by atoms with Gasteiger partial charge in [0.2, 0.25) is 5.75 Å². The average Bonchev–Trinajstić information content (AvgIpc) is 3.10. The fourth-order valence-corrected chi connectivity index (χ4v) is 3.92. The lowest BCUT2D eigenvalue weighted by molar-refractivity contribution is -0.135. The van der Waals surface area contributed by atoms with Crippen molar-refractivity contribution >= 4 is 39.2 Å². The summed E-state index contributed by atoms with van der Waals surface area (Å²) < 4.78 is 17.7. The number of carbonyl (C=O) groups is 1. The van der Waals surface area contributed by atoms with Gasteiger partial charge in [0.1, 0.15) is 18.2 Å². The molecule has 6 nitrogen and oxygen atoms in total. The third kappa shape index (κ3) is 3.59. The number of nitrogens with zero attached hydrogens (tertiary/aromatic N) is 1. The van der Waals surface area contributed by atoms with Crippen molar-refractivity contribution in [3.63, 3.8) is 0 Å². The lowest BCUT2D eigenvalue weighted by Crippen LogP contribution is -2.16. The van der Waals surface area contributed by atoms with Gasteiger partial charge in [-0.15, -0.1) is 11.3 Å². The minimum Gasteiger partial charge on any atom is -0.493 e. The number of benzene rings is 2. The number of aliphatic carboxylic acids is 1. The summed E-state index contributed by atoms with van der Waals surface area (Å²) in [5, 5.41) is 10.0. The van der Waals surface area contributed by atoms with Crippen LogP contribution in [0.2, 0.25) is 0 Å². The second-order valence-electron chi connectivity index (χ2n) is 5.97. The molecule has 2 heterocycles. The highest BCUT2D eigenvalue weighted by Crippen LogP contribution is 2.41. The Bertz CT molecular complexity index is 990. The molecule has 1 aromatic heterocycles. The molecule has 0 amide bonds. The smallest absolute Gasteiger partial charge is 0.307 e. The summed E-state index contributed by atoms with van der Waals surface area (Å²) >= 11 is 1.48. The molecule has 0 bridgehead atoms. The highest BCUT2D eigenvalue weighted by atomic mass is 32.1. The molecule has 0 atom stereocenters. The zero-order chi connectivity index (χ0) is 18.8. The van der Waals surface area contributed by atoms with Gasteiger partial charge in [0.15, 0.2) is 11.5 Å². The number of carboxylic acid groups (broad SMARTS) is 1. The van der Waals surface area contributed by atoms with E-state index < -0.39 is 5.97 Å². The number of rotatable bonds is 5. The third-order valence-electron chi connectivity index (χ3n) is 4.10. The van der Waals surface area contributed by atoms with E-state index in [4.69, 9.17) is 14.2 Å². The Hall–Kier alpha value is -3.06. The van der Waals surface area contributed by atoms with Gasteiger partial charge in [-0.3, -0.25) is 4.79 Å². The molecule has 0 saturated heterocycles. The Morgan fingerprint density at radius 1 is 1.30 bits per heavy atom.